The van der Waals surface area contributed by atoms with Crippen LogP contribution in [0, 0.1) is 39.9 Å². The van der Waals surface area contributed by atoms with Crippen LogP contribution >= 0.6 is 0 Å². The molecule has 2 N–H and O–H groups in total. The van der Waals surface area contributed by atoms with Gasteiger partial charge in [-0.25, -0.2) is 0 Å². The fourth-order valence-electron chi connectivity index (χ4n) is 8.06. The van der Waals surface area contributed by atoms with Gasteiger partial charge in [0.05, 0.1) is 12.2 Å². The summed E-state index contributed by atoms with van der Waals surface area (Å²) in [6.45, 7) is 9.55. The van der Waals surface area contributed by atoms with Crippen LogP contribution in [0.1, 0.15) is 79.1 Å². The Morgan fingerprint density at radius 1 is 0.652 bits per heavy atom. The van der Waals surface area contributed by atoms with Crippen LogP contribution < -0.4 is 0 Å². The topological polar surface area (TPSA) is 40.5 Å². The minimum absolute atomic E-state index is 0.0634. The first-order chi connectivity index (χ1) is 10.7. The quantitative estimate of drug-likeness (QED) is 0.695. The second kappa shape index (κ2) is 4.97. The first kappa shape index (κ1) is 16.4. The SMILES string of the molecule is CC1(C)C(O)CC[C@]2(C)[C@H]3CC[C@]4(C)[C@@H](O)CC[C@H]4[C@@H]3CC[C@@H]12. The molecule has 0 bridgehead atoms. The number of rotatable bonds is 0. The second-order valence-electron chi connectivity index (χ2n) is 10.5. The molecule has 132 valence electrons. The summed E-state index contributed by atoms with van der Waals surface area (Å²) in [5.41, 5.74) is 0.655. The lowest BCUT2D eigenvalue weighted by Gasteiger charge is -2.64. The summed E-state index contributed by atoms with van der Waals surface area (Å²) in [5, 5.41) is 21.1. The van der Waals surface area contributed by atoms with E-state index < -0.39 is 0 Å². The molecule has 0 aromatic carbocycles. The van der Waals surface area contributed by atoms with E-state index in [0.717, 1.165) is 30.6 Å². The van der Waals surface area contributed by atoms with Crippen LogP contribution in [-0.2, 0) is 0 Å². The van der Waals surface area contributed by atoms with Crippen molar-refractivity contribution < 1.29 is 10.2 Å². The van der Waals surface area contributed by atoms with E-state index in [1.165, 1.54) is 38.5 Å². The number of aliphatic hydroxyl groups excluding tert-OH is 2. The molecule has 2 nitrogen and oxygen atoms in total. The van der Waals surface area contributed by atoms with Crippen LogP contribution in [0.3, 0.4) is 0 Å². The van der Waals surface area contributed by atoms with Crippen molar-refractivity contribution in [2.24, 2.45) is 39.9 Å². The van der Waals surface area contributed by atoms with E-state index in [0.29, 0.717) is 11.3 Å². The van der Waals surface area contributed by atoms with Crippen molar-refractivity contribution in [3.8, 4) is 0 Å². The average Bonchev–Trinajstić information content (AvgIpc) is 2.79. The summed E-state index contributed by atoms with van der Waals surface area (Å²) in [6, 6.07) is 0. The van der Waals surface area contributed by atoms with Gasteiger partial charge in [0.2, 0.25) is 0 Å². The summed E-state index contributed by atoms with van der Waals surface area (Å²) in [4.78, 5) is 0. The molecule has 0 heterocycles. The molecule has 4 aliphatic rings. The number of fused-ring (bicyclic) bond motifs is 5. The Hall–Kier alpha value is -0.0800. The van der Waals surface area contributed by atoms with Crippen LogP contribution in [0.5, 0.6) is 0 Å². The lowest BCUT2D eigenvalue weighted by molar-refractivity contribution is -0.180. The minimum atomic E-state index is -0.126. The summed E-state index contributed by atoms with van der Waals surface area (Å²) in [6.07, 6.45) is 9.38. The van der Waals surface area contributed by atoms with Gasteiger partial charge in [0.15, 0.2) is 0 Å². The van der Waals surface area contributed by atoms with Gasteiger partial charge in [-0.1, -0.05) is 27.7 Å². The predicted molar refractivity (Wildman–Crippen MR) is 92.9 cm³/mol. The fraction of sp³-hybridized carbons (Fsp3) is 1.00. The van der Waals surface area contributed by atoms with Crippen molar-refractivity contribution in [2.45, 2.75) is 91.3 Å². The van der Waals surface area contributed by atoms with E-state index in [2.05, 4.69) is 27.7 Å². The van der Waals surface area contributed by atoms with Gasteiger partial charge in [-0.15, -0.1) is 0 Å². The fourth-order valence-corrected chi connectivity index (χ4v) is 8.06. The molecule has 0 aliphatic heterocycles. The molecule has 0 aromatic heterocycles. The molecule has 4 saturated carbocycles. The highest BCUT2D eigenvalue weighted by atomic mass is 16.3. The van der Waals surface area contributed by atoms with Crippen LogP contribution in [0.2, 0.25) is 0 Å². The highest BCUT2D eigenvalue weighted by Gasteiger charge is 2.62. The van der Waals surface area contributed by atoms with Crippen molar-refractivity contribution in [1.29, 1.82) is 0 Å². The normalized spacial score (nSPS) is 58.2. The van der Waals surface area contributed by atoms with Crippen molar-refractivity contribution in [1.82, 2.24) is 0 Å². The third kappa shape index (κ3) is 2.00. The molecular formula is C21H36O2. The van der Waals surface area contributed by atoms with Crippen molar-refractivity contribution in [2.75, 3.05) is 0 Å². The second-order valence-corrected chi connectivity index (χ2v) is 10.5. The van der Waals surface area contributed by atoms with Gasteiger partial charge in [0.25, 0.3) is 0 Å². The third-order valence-corrected chi connectivity index (χ3v) is 9.53. The van der Waals surface area contributed by atoms with E-state index in [1.807, 2.05) is 0 Å². The molecule has 0 radical (unpaired) electrons. The molecular weight excluding hydrogens is 284 g/mol. The van der Waals surface area contributed by atoms with Gasteiger partial charge in [0, 0.05) is 0 Å². The highest BCUT2D eigenvalue weighted by Crippen LogP contribution is 2.68. The molecule has 8 atom stereocenters. The lowest BCUT2D eigenvalue weighted by atomic mass is 9.41. The summed E-state index contributed by atoms with van der Waals surface area (Å²) < 4.78 is 0. The van der Waals surface area contributed by atoms with Gasteiger partial charge >= 0.3 is 0 Å². The summed E-state index contributed by atoms with van der Waals surface area (Å²) in [7, 11) is 0. The molecule has 0 aromatic rings. The van der Waals surface area contributed by atoms with E-state index in [4.69, 9.17) is 0 Å². The maximum absolute atomic E-state index is 10.6. The van der Waals surface area contributed by atoms with Crippen LogP contribution in [0.4, 0.5) is 0 Å². The Balaban J connectivity index is 1.67. The zero-order valence-electron chi connectivity index (χ0n) is 15.5. The number of hydrogen-bond donors (Lipinski definition) is 2. The third-order valence-electron chi connectivity index (χ3n) is 9.53. The smallest absolute Gasteiger partial charge is 0.0596 e. The van der Waals surface area contributed by atoms with Gasteiger partial charge < -0.3 is 10.2 Å². The molecule has 4 rings (SSSR count). The first-order valence-electron chi connectivity index (χ1n) is 10.1. The standard InChI is InChI=1S/C21H36O2/c1-19(2)16-7-5-13-14-6-8-18(23)21(14,4)11-9-15(13)20(16,3)12-10-17(19)22/h13-18,22-23H,5-12H2,1-4H3/t13-,14-,15-,16-,17?,18-,20+,21-/m0/s1. The Labute approximate surface area is 142 Å². The Bertz CT molecular complexity index is 486. The van der Waals surface area contributed by atoms with Crippen molar-refractivity contribution in [3.05, 3.63) is 0 Å². The van der Waals surface area contributed by atoms with Gasteiger partial charge in [-0.2, -0.15) is 0 Å². The maximum atomic E-state index is 10.6. The first-order valence-corrected chi connectivity index (χ1v) is 10.1. The van der Waals surface area contributed by atoms with E-state index in [-0.39, 0.29) is 23.0 Å². The zero-order valence-corrected chi connectivity index (χ0v) is 15.5. The van der Waals surface area contributed by atoms with Crippen molar-refractivity contribution >= 4 is 0 Å². The Morgan fingerprint density at radius 3 is 2.04 bits per heavy atom. The van der Waals surface area contributed by atoms with Gasteiger partial charge in [0.1, 0.15) is 0 Å². The Kier molecular flexibility index (Phi) is 3.54. The zero-order chi connectivity index (χ0) is 16.6. The highest BCUT2D eigenvalue weighted by molar-refractivity contribution is 5.12. The Morgan fingerprint density at radius 2 is 1.30 bits per heavy atom. The van der Waals surface area contributed by atoms with Crippen LogP contribution in [-0.4, -0.2) is 22.4 Å². The molecule has 2 heteroatoms. The number of hydrogen-bond acceptors (Lipinski definition) is 2. The molecule has 4 fully saturated rings. The predicted octanol–water partition coefficient (Wildman–Crippen LogP) is 4.39. The molecule has 4 aliphatic carbocycles. The average molecular weight is 321 g/mol. The lowest BCUT2D eigenvalue weighted by Crippen LogP contribution is -2.59. The number of aliphatic hydroxyl groups is 2. The van der Waals surface area contributed by atoms with Gasteiger partial charge in [-0.05, 0) is 91.3 Å². The van der Waals surface area contributed by atoms with Crippen LogP contribution in [0.15, 0.2) is 0 Å². The van der Waals surface area contributed by atoms with E-state index in [1.54, 1.807) is 0 Å². The molecule has 0 saturated heterocycles. The molecule has 1 unspecified atom stereocenters. The van der Waals surface area contributed by atoms with E-state index in [9.17, 15) is 10.2 Å². The molecule has 23 heavy (non-hydrogen) atoms. The largest absolute Gasteiger partial charge is 0.393 e. The summed E-state index contributed by atoms with van der Waals surface area (Å²) in [5.74, 6) is 3.04. The van der Waals surface area contributed by atoms with Crippen molar-refractivity contribution in [3.63, 3.8) is 0 Å². The van der Waals surface area contributed by atoms with Crippen LogP contribution in [0.25, 0.3) is 0 Å². The summed E-state index contributed by atoms with van der Waals surface area (Å²) >= 11 is 0. The van der Waals surface area contributed by atoms with E-state index >= 15 is 0 Å². The minimum Gasteiger partial charge on any atom is -0.393 e. The monoisotopic (exact) mass is 320 g/mol. The van der Waals surface area contributed by atoms with Gasteiger partial charge in [-0.3, -0.25) is 0 Å². The molecule has 0 amide bonds. The maximum Gasteiger partial charge on any atom is 0.0596 e. The molecule has 0 spiro atoms.